The van der Waals surface area contributed by atoms with Gasteiger partial charge in [0.05, 0.1) is 24.6 Å². The highest BCUT2D eigenvalue weighted by atomic mass is 16.5. The Morgan fingerprint density at radius 1 is 0.969 bits per heavy atom. The molecule has 32 heavy (non-hydrogen) atoms. The molecule has 168 valence electrons. The summed E-state index contributed by atoms with van der Waals surface area (Å²) in [6, 6.07) is 8.94. The second-order valence-electron chi connectivity index (χ2n) is 6.86. The van der Waals surface area contributed by atoms with Gasteiger partial charge in [-0.3, -0.25) is 29.8 Å². The number of nitrogens with zero attached hydrogens (tertiary/aromatic N) is 1. The molecule has 3 rings (SSSR count). The van der Waals surface area contributed by atoms with Crippen LogP contribution in [0.25, 0.3) is 10.9 Å². The minimum atomic E-state index is -0.615. The van der Waals surface area contributed by atoms with Gasteiger partial charge in [0, 0.05) is 17.7 Å². The second kappa shape index (κ2) is 9.82. The first-order valence-corrected chi connectivity index (χ1v) is 10.1. The minimum absolute atomic E-state index is 0.156. The predicted molar refractivity (Wildman–Crippen MR) is 118 cm³/mol. The number of benzene rings is 2. The lowest BCUT2D eigenvalue weighted by Gasteiger charge is -2.12. The quantitative estimate of drug-likeness (QED) is 0.478. The van der Waals surface area contributed by atoms with E-state index in [2.05, 4.69) is 15.8 Å². The van der Waals surface area contributed by atoms with E-state index in [0.29, 0.717) is 18.1 Å². The van der Waals surface area contributed by atoms with Gasteiger partial charge in [0.1, 0.15) is 0 Å². The minimum Gasteiger partial charge on any atom is -0.493 e. The van der Waals surface area contributed by atoms with Gasteiger partial charge >= 0.3 is 5.69 Å². The van der Waals surface area contributed by atoms with Crippen molar-refractivity contribution in [1.82, 2.24) is 20.4 Å². The normalized spacial score (nSPS) is 10.6. The van der Waals surface area contributed by atoms with Crippen molar-refractivity contribution in [3.63, 3.8) is 0 Å². The summed E-state index contributed by atoms with van der Waals surface area (Å²) >= 11 is 0. The third kappa shape index (κ3) is 4.64. The van der Waals surface area contributed by atoms with E-state index in [1.165, 1.54) is 31.4 Å². The Labute approximate surface area is 183 Å². The highest BCUT2D eigenvalue weighted by Gasteiger charge is 2.14. The maximum absolute atomic E-state index is 12.5. The monoisotopic (exact) mass is 440 g/mol. The van der Waals surface area contributed by atoms with Gasteiger partial charge in [-0.25, -0.2) is 4.79 Å². The first-order valence-electron chi connectivity index (χ1n) is 10.1. The fourth-order valence-electron chi connectivity index (χ4n) is 3.08. The zero-order valence-corrected chi connectivity index (χ0v) is 18.0. The Balaban J connectivity index is 1.74. The molecule has 1 heterocycles. The molecule has 0 aliphatic rings. The molecule has 0 fully saturated rings. The number of rotatable bonds is 7. The zero-order chi connectivity index (χ0) is 23.3. The number of fused-ring (bicyclic) bond motifs is 1. The van der Waals surface area contributed by atoms with Gasteiger partial charge in [-0.2, -0.15) is 0 Å². The topological polar surface area (TPSA) is 132 Å². The van der Waals surface area contributed by atoms with Crippen molar-refractivity contribution in [1.29, 1.82) is 0 Å². The average molecular weight is 440 g/mol. The summed E-state index contributed by atoms with van der Waals surface area (Å²) in [7, 11) is 1.47. The Morgan fingerprint density at radius 2 is 1.62 bits per heavy atom. The molecule has 0 aliphatic carbocycles. The molecule has 10 nitrogen and oxygen atoms in total. The molecule has 0 aliphatic heterocycles. The molecule has 1 aromatic heterocycles. The van der Waals surface area contributed by atoms with E-state index in [4.69, 9.17) is 9.47 Å². The summed E-state index contributed by atoms with van der Waals surface area (Å²) < 4.78 is 11.9. The van der Waals surface area contributed by atoms with Gasteiger partial charge in [0.2, 0.25) is 0 Å². The van der Waals surface area contributed by atoms with Crippen LogP contribution in [-0.2, 0) is 6.54 Å². The zero-order valence-electron chi connectivity index (χ0n) is 18.0. The van der Waals surface area contributed by atoms with Crippen LogP contribution in [0.5, 0.6) is 11.5 Å². The molecule has 0 bridgehead atoms. The Kier molecular flexibility index (Phi) is 6.93. The summed E-state index contributed by atoms with van der Waals surface area (Å²) in [5, 5.41) is 0.282. The van der Waals surface area contributed by atoms with Gasteiger partial charge in [-0.05, 0) is 49.7 Å². The van der Waals surface area contributed by atoms with Crippen molar-refractivity contribution in [2.24, 2.45) is 0 Å². The van der Waals surface area contributed by atoms with Crippen LogP contribution in [0, 0.1) is 0 Å². The van der Waals surface area contributed by atoms with E-state index in [1.807, 2.05) is 6.92 Å². The number of nitrogens with one attached hydrogen (secondary N) is 3. The largest absolute Gasteiger partial charge is 0.493 e. The summed E-state index contributed by atoms with van der Waals surface area (Å²) in [5.74, 6) is -0.259. The lowest BCUT2D eigenvalue weighted by atomic mass is 10.1. The number of amides is 2. The Morgan fingerprint density at radius 3 is 2.25 bits per heavy atom. The van der Waals surface area contributed by atoms with Crippen LogP contribution in [0.2, 0.25) is 0 Å². The number of aromatic nitrogens is 2. The van der Waals surface area contributed by atoms with Gasteiger partial charge in [0.25, 0.3) is 17.4 Å². The van der Waals surface area contributed by atoms with Crippen molar-refractivity contribution in [2.75, 3.05) is 13.7 Å². The molecule has 0 radical (unpaired) electrons. The van der Waals surface area contributed by atoms with E-state index < -0.39 is 23.1 Å². The van der Waals surface area contributed by atoms with Crippen LogP contribution in [0.4, 0.5) is 0 Å². The molecule has 2 amide bonds. The third-order valence-corrected chi connectivity index (χ3v) is 4.74. The number of aromatic amines is 1. The third-order valence-electron chi connectivity index (χ3n) is 4.74. The van der Waals surface area contributed by atoms with Crippen LogP contribution < -0.4 is 31.6 Å². The molecule has 0 atom stereocenters. The first-order chi connectivity index (χ1) is 15.4. The van der Waals surface area contributed by atoms with Crippen molar-refractivity contribution < 1.29 is 19.1 Å². The van der Waals surface area contributed by atoms with Gasteiger partial charge in [-0.15, -0.1) is 0 Å². The number of hydrogen-bond donors (Lipinski definition) is 3. The van der Waals surface area contributed by atoms with Crippen LogP contribution in [0.1, 0.15) is 41.0 Å². The molecule has 0 saturated heterocycles. The van der Waals surface area contributed by atoms with E-state index >= 15 is 0 Å². The predicted octanol–water partition coefficient (Wildman–Crippen LogP) is 1.58. The number of carbonyl (C=O) groups excluding carboxylic acids is 2. The molecular formula is C22H24N4O6. The second-order valence-corrected chi connectivity index (χ2v) is 6.86. The number of ether oxygens (including phenoxy) is 2. The number of hydrogen-bond acceptors (Lipinski definition) is 6. The van der Waals surface area contributed by atoms with Gasteiger partial charge in [0.15, 0.2) is 11.5 Å². The number of methoxy groups -OCH3 is 1. The SMILES string of the molecule is CCCOc1ccc(C(=O)NNC(=O)c2ccc3c(=O)n(CC)c(=O)[nH]c3c2)cc1OC. The molecule has 3 aromatic rings. The van der Waals surface area contributed by atoms with E-state index in [9.17, 15) is 19.2 Å². The number of carbonyl (C=O) groups is 2. The van der Waals surface area contributed by atoms with Crippen LogP contribution in [0.15, 0.2) is 46.0 Å². The van der Waals surface area contributed by atoms with Crippen LogP contribution in [0.3, 0.4) is 0 Å². The molecular weight excluding hydrogens is 416 g/mol. The summed E-state index contributed by atoms with van der Waals surface area (Å²) in [6.07, 6.45) is 0.828. The standard InChI is InChI=1S/C22H24N4O6/c1-4-10-32-17-9-7-14(12-18(17)31-3)20(28)25-24-19(27)13-6-8-15-16(11-13)23-22(30)26(5-2)21(15)29/h6-9,11-12H,4-5,10H2,1-3H3,(H,23,30)(H,24,27)(H,25,28). The van der Waals surface area contributed by atoms with Crippen molar-refractivity contribution >= 4 is 22.7 Å². The summed E-state index contributed by atoms with van der Waals surface area (Å²) in [6.45, 7) is 4.41. The van der Waals surface area contributed by atoms with Crippen molar-refractivity contribution in [3.05, 3.63) is 68.4 Å². The van der Waals surface area contributed by atoms with Gasteiger partial charge in [-0.1, -0.05) is 6.92 Å². The molecule has 0 spiro atoms. The van der Waals surface area contributed by atoms with Crippen molar-refractivity contribution in [2.45, 2.75) is 26.8 Å². The smallest absolute Gasteiger partial charge is 0.328 e. The fraction of sp³-hybridized carbons (Fsp3) is 0.273. The van der Waals surface area contributed by atoms with Crippen molar-refractivity contribution in [3.8, 4) is 11.5 Å². The summed E-state index contributed by atoms with van der Waals surface area (Å²) in [4.78, 5) is 51.8. The van der Waals surface area contributed by atoms with E-state index in [-0.39, 0.29) is 28.6 Å². The van der Waals surface area contributed by atoms with Crippen LogP contribution >= 0.6 is 0 Å². The molecule has 0 unspecified atom stereocenters. The number of hydrazine groups is 1. The Bertz CT molecular complexity index is 1280. The van der Waals surface area contributed by atoms with Gasteiger partial charge < -0.3 is 14.5 Å². The number of H-pyrrole nitrogens is 1. The lowest BCUT2D eigenvalue weighted by Crippen LogP contribution is -2.41. The highest BCUT2D eigenvalue weighted by molar-refractivity contribution is 6.00. The van der Waals surface area contributed by atoms with E-state index in [1.54, 1.807) is 19.1 Å². The van der Waals surface area contributed by atoms with E-state index in [0.717, 1.165) is 11.0 Å². The highest BCUT2D eigenvalue weighted by Crippen LogP contribution is 2.28. The molecule has 3 N–H and O–H groups in total. The average Bonchev–Trinajstić information content (AvgIpc) is 2.80. The summed E-state index contributed by atoms with van der Waals surface area (Å²) in [5.41, 5.74) is 4.29. The fourth-order valence-corrected chi connectivity index (χ4v) is 3.08. The molecule has 10 heteroatoms. The maximum Gasteiger partial charge on any atom is 0.328 e. The maximum atomic E-state index is 12.5. The molecule has 0 saturated carbocycles. The lowest BCUT2D eigenvalue weighted by molar-refractivity contribution is 0.0846. The van der Waals surface area contributed by atoms with Crippen LogP contribution in [-0.4, -0.2) is 35.1 Å². The molecule has 2 aromatic carbocycles. The Hall–Kier alpha value is -4.08. The first kappa shape index (κ1) is 22.6.